The van der Waals surface area contributed by atoms with Crippen molar-refractivity contribution in [1.82, 2.24) is 16.0 Å². The molecule has 0 aromatic heterocycles. The van der Waals surface area contributed by atoms with Crippen molar-refractivity contribution < 1.29 is 58.9 Å². The third-order valence-corrected chi connectivity index (χ3v) is 6.04. The highest BCUT2D eigenvalue weighted by molar-refractivity contribution is 5.77. The van der Waals surface area contributed by atoms with E-state index in [1.54, 1.807) is 0 Å². The number of aliphatic hydroxyl groups is 4. The summed E-state index contributed by atoms with van der Waals surface area (Å²) in [6.45, 7) is 6.08. The van der Waals surface area contributed by atoms with E-state index in [9.17, 15) is 44.7 Å². The molecule has 0 radical (unpaired) electrons. The molecule has 2 aliphatic heterocycles. The summed E-state index contributed by atoms with van der Waals surface area (Å²) in [4.78, 5) is 47.8. The first kappa shape index (κ1) is 29.8. The molecule has 1 unspecified atom stereocenters. The Balaban J connectivity index is 2.55. The lowest BCUT2D eigenvalue weighted by molar-refractivity contribution is -0.345. The minimum Gasteiger partial charge on any atom is -0.477 e. The second-order valence-corrected chi connectivity index (χ2v) is 9.14. The van der Waals surface area contributed by atoms with Crippen LogP contribution in [0.1, 0.15) is 41.0 Å². The molecule has 3 amide bonds. The number of carbonyl (C=O) groups is 4. The summed E-state index contributed by atoms with van der Waals surface area (Å²) in [6, 6.07) is -4.02. The number of hydrogen-bond acceptors (Lipinski definition) is 11. The number of carboxylic acid groups (broad SMARTS) is 1. The van der Waals surface area contributed by atoms with Gasteiger partial charge in [0, 0.05) is 27.2 Å². The Labute approximate surface area is 207 Å². The molecule has 0 aromatic carbocycles. The molecule has 36 heavy (non-hydrogen) atoms. The van der Waals surface area contributed by atoms with Gasteiger partial charge in [0.25, 0.3) is 5.79 Å². The van der Waals surface area contributed by atoms with Gasteiger partial charge in [-0.15, -0.1) is 0 Å². The smallest absolute Gasteiger partial charge is 0.364 e. The van der Waals surface area contributed by atoms with Crippen molar-refractivity contribution in [2.75, 3.05) is 0 Å². The predicted molar refractivity (Wildman–Crippen MR) is 118 cm³/mol. The lowest BCUT2D eigenvalue weighted by Gasteiger charge is -2.50. The van der Waals surface area contributed by atoms with Crippen molar-refractivity contribution in [2.24, 2.45) is 0 Å². The van der Waals surface area contributed by atoms with Gasteiger partial charge in [-0.25, -0.2) is 4.79 Å². The second-order valence-electron chi connectivity index (χ2n) is 9.14. The number of ether oxygens (including phenoxy) is 3. The Bertz CT molecular complexity index is 823. The summed E-state index contributed by atoms with van der Waals surface area (Å²) in [5.74, 6) is -6.32. The van der Waals surface area contributed by atoms with Gasteiger partial charge in [0.1, 0.15) is 24.4 Å². The number of hydrogen-bond donors (Lipinski definition) is 8. The van der Waals surface area contributed by atoms with E-state index < -0.39 is 96.9 Å². The van der Waals surface area contributed by atoms with Crippen molar-refractivity contribution >= 4 is 23.7 Å². The van der Waals surface area contributed by atoms with E-state index in [0.29, 0.717) is 0 Å². The van der Waals surface area contributed by atoms with E-state index in [1.165, 1.54) is 13.8 Å². The van der Waals surface area contributed by atoms with Crippen LogP contribution in [0.3, 0.4) is 0 Å². The molecule has 2 aliphatic rings. The summed E-state index contributed by atoms with van der Waals surface area (Å²) in [6.07, 6.45) is -11.2. The van der Waals surface area contributed by atoms with E-state index in [2.05, 4.69) is 16.0 Å². The average Bonchev–Trinajstić information content (AvgIpc) is 2.73. The van der Waals surface area contributed by atoms with Gasteiger partial charge in [-0.1, -0.05) is 0 Å². The molecule has 0 aromatic rings. The summed E-state index contributed by atoms with van der Waals surface area (Å²) in [7, 11) is 0. The van der Waals surface area contributed by atoms with Crippen LogP contribution < -0.4 is 16.0 Å². The van der Waals surface area contributed by atoms with Gasteiger partial charge < -0.3 is 55.7 Å². The molecule has 11 atom stereocenters. The molecule has 2 fully saturated rings. The molecular formula is C21H35N3O12. The molecule has 0 saturated carbocycles. The van der Waals surface area contributed by atoms with Gasteiger partial charge in [-0.2, -0.15) is 0 Å². The van der Waals surface area contributed by atoms with Crippen molar-refractivity contribution in [1.29, 1.82) is 0 Å². The standard InChI is InChI=1S/C21H35N3O12/c1-7(25)13(22-9(3)26)17-14(23-10(4)27)12(29)6-21(35-17,20(32)33)36-18-15(24-11(5)28)19(31)34-8(2)16(18)30/h7-8,12-19,25,29-31H,6H2,1-5H3,(H,22,26)(H,23,27)(H,24,28)(H,32,33)/t7-,8-,12-,13-,14-,15-,16+,17-,18-,19?,21+/m0/s1. The highest BCUT2D eigenvalue weighted by atomic mass is 16.7. The zero-order chi connectivity index (χ0) is 27.5. The van der Waals surface area contributed by atoms with Crippen molar-refractivity contribution in [2.45, 2.75) is 108 Å². The Morgan fingerprint density at radius 1 is 1.00 bits per heavy atom. The van der Waals surface area contributed by atoms with E-state index >= 15 is 0 Å². The quantitative estimate of drug-likeness (QED) is 0.154. The maximum Gasteiger partial charge on any atom is 0.364 e. The second kappa shape index (κ2) is 11.8. The largest absolute Gasteiger partial charge is 0.477 e. The van der Waals surface area contributed by atoms with Crippen molar-refractivity contribution in [3.63, 3.8) is 0 Å². The third kappa shape index (κ3) is 6.67. The molecular weight excluding hydrogens is 486 g/mol. The van der Waals surface area contributed by atoms with Gasteiger partial charge in [-0.05, 0) is 13.8 Å². The fourth-order valence-electron chi connectivity index (χ4n) is 4.43. The van der Waals surface area contributed by atoms with Crippen molar-refractivity contribution in [3.8, 4) is 0 Å². The number of aliphatic hydroxyl groups excluding tert-OH is 4. The van der Waals surface area contributed by atoms with Gasteiger partial charge in [-0.3, -0.25) is 14.4 Å². The molecule has 0 spiro atoms. The van der Waals surface area contributed by atoms with E-state index in [4.69, 9.17) is 14.2 Å². The Morgan fingerprint density at radius 2 is 1.56 bits per heavy atom. The highest BCUT2D eigenvalue weighted by Crippen LogP contribution is 2.37. The molecule has 0 bridgehead atoms. The monoisotopic (exact) mass is 521 g/mol. The molecule has 15 nitrogen and oxygen atoms in total. The molecule has 2 heterocycles. The van der Waals surface area contributed by atoms with Crippen LogP contribution in [0.2, 0.25) is 0 Å². The molecule has 206 valence electrons. The molecule has 15 heteroatoms. The van der Waals surface area contributed by atoms with Crippen LogP contribution in [-0.2, 0) is 33.4 Å². The fraction of sp³-hybridized carbons (Fsp3) is 0.810. The maximum atomic E-state index is 12.5. The SMILES string of the molecule is CC(=O)N[C@H]([C@@H]1O[C@](O[C@@H]2[C@H](O)[C@H](C)OC(O)[C@H]2NC(C)=O)(C(=O)O)C[C@H](O)[C@@H]1NC(C)=O)[C@H](C)O. The maximum absolute atomic E-state index is 12.5. The molecule has 8 N–H and O–H groups in total. The number of amides is 3. The first-order valence-corrected chi connectivity index (χ1v) is 11.4. The molecule has 2 rings (SSSR count). The number of carbonyl (C=O) groups excluding carboxylic acids is 3. The van der Waals surface area contributed by atoms with Crippen LogP contribution in [-0.4, -0.2) is 116 Å². The van der Waals surface area contributed by atoms with Gasteiger partial charge in [0.05, 0.1) is 30.4 Å². The molecule has 0 aliphatic carbocycles. The van der Waals surface area contributed by atoms with Crippen LogP contribution in [0.25, 0.3) is 0 Å². The van der Waals surface area contributed by atoms with Crippen LogP contribution in [0.5, 0.6) is 0 Å². The van der Waals surface area contributed by atoms with Crippen LogP contribution in [0.4, 0.5) is 0 Å². The Kier molecular flexibility index (Phi) is 9.75. The van der Waals surface area contributed by atoms with Crippen LogP contribution >= 0.6 is 0 Å². The number of aliphatic carboxylic acids is 1. The summed E-state index contributed by atoms with van der Waals surface area (Å²) >= 11 is 0. The van der Waals surface area contributed by atoms with E-state index in [-0.39, 0.29) is 0 Å². The lowest BCUT2D eigenvalue weighted by Crippen LogP contribution is -2.72. The summed E-state index contributed by atoms with van der Waals surface area (Å²) in [5.41, 5.74) is 0. The fourth-order valence-corrected chi connectivity index (χ4v) is 4.43. The predicted octanol–water partition coefficient (Wildman–Crippen LogP) is -3.70. The Morgan fingerprint density at radius 3 is 2.03 bits per heavy atom. The summed E-state index contributed by atoms with van der Waals surface area (Å²) < 4.78 is 16.7. The van der Waals surface area contributed by atoms with E-state index in [1.807, 2.05) is 0 Å². The summed E-state index contributed by atoms with van der Waals surface area (Å²) in [5, 5.41) is 59.6. The average molecular weight is 522 g/mol. The van der Waals surface area contributed by atoms with E-state index in [0.717, 1.165) is 20.8 Å². The Hall–Kier alpha value is -2.40. The van der Waals surface area contributed by atoms with Gasteiger partial charge in [0.15, 0.2) is 6.29 Å². The molecule has 2 saturated heterocycles. The lowest BCUT2D eigenvalue weighted by atomic mass is 9.87. The first-order chi connectivity index (χ1) is 16.6. The minimum atomic E-state index is -2.70. The van der Waals surface area contributed by atoms with Gasteiger partial charge >= 0.3 is 5.97 Å². The third-order valence-electron chi connectivity index (χ3n) is 6.04. The zero-order valence-electron chi connectivity index (χ0n) is 20.6. The van der Waals surface area contributed by atoms with Gasteiger partial charge in [0.2, 0.25) is 17.7 Å². The normalized spacial score (nSPS) is 38.4. The number of nitrogens with one attached hydrogen (secondary N) is 3. The van der Waals surface area contributed by atoms with Crippen LogP contribution in [0.15, 0.2) is 0 Å². The topological polar surface area (TPSA) is 233 Å². The first-order valence-electron chi connectivity index (χ1n) is 11.4. The van der Waals surface area contributed by atoms with Crippen LogP contribution in [0, 0.1) is 0 Å². The van der Waals surface area contributed by atoms with Crippen molar-refractivity contribution in [3.05, 3.63) is 0 Å². The number of carboxylic acids is 1. The zero-order valence-corrected chi connectivity index (χ0v) is 20.6. The number of rotatable bonds is 8. The minimum absolute atomic E-state index is 0.605. The highest BCUT2D eigenvalue weighted by Gasteiger charge is 2.59.